The smallest absolute Gasteiger partial charge is 0.318 e. The molecule has 1 aromatic heterocycles. The second-order valence-corrected chi connectivity index (χ2v) is 7.79. The van der Waals surface area contributed by atoms with Gasteiger partial charge in [-0.25, -0.2) is 9.18 Å². The second-order valence-electron chi connectivity index (χ2n) is 7.35. The number of likely N-dealkylation sites (N-methyl/N-ethyl adjacent to an activating group) is 1. The predicted octanol–water partition coefficient (Wildman–Crippen LogP) is 4.27. The molecule has 0 radical (unpaired) electrons. The fraction of sp³-hybridized carbons (Fsp3) is 0.318. The number of urea groups is 1. The quantitative estimate of drug-likeness (QED) is 0.632. The van der Waals surface area contributed by atoms with E-state index in [1.807, 2.05) is 34.7 Å². The van der Waals surface area contributed by atoms with Crippen LogP contribution in [-0.4, -0.2) is 42.2 Å². The summed E-state index contributed by atoms with van der Waals surface area (Å²) in [5, 5.41) is 7.78. The Kier molecular flexibility index (Phi) is 5.23. The SMILES string of the molecule is CCC1(c2cn(-c3ccc(F)cc3)c3ccc(Cl)cc23)CNC(=O)N1CCNC. The number of benzene rings is 2. The molecule has 1 atom stereocenters. The molecular formula is C22H24ClFN4O. The van der Waals surface area contributed by atoms with Crippen LogP contribution in [0, 0.1) is 5.82 Å². The van der Waals surface area contributed by atoms with Gasteiger partial charge in [-0.2, -0.15) is 0 Å². The normalized spacial score (nSPS) is 19.2. The van der Waals surface area contributed by atoms with Gasteiger partial charge in [-0.05, 0) is 55.9 Å². The number of rotatable bonds is 6. The standard InChI is InChI=1S/C22H24ClFN4O/c1-3-22(14-26-21(29)28(22)11-10-25-2)19-13-27(17-7-5-16(24)6-8-17)20-9-4-15(23)12-18(19)20/h4-9,12-13,25H,3,10-11,14H2,1-2H3,(H,26,29). The van der Waals surface area contributed by atoms with Crippen LogP contribution in [0.25, 0.3) is 16.6 Å². The highest BCUT2D eigenvalue weighted by Gasteiger charge is 2.46. The maximum absolute atomic E-state index is 13.5. The molecule has 0 spiro atoms. The molecule has 1 saturated heterocycles. The predicted molar refractivity (Wildman–Crippen MR) is 114 cm³/mol. The van der Waals surface area contributed by atoms with Crippen molar-refractivity contribution >= 4 is 28.5 Å². The second kappa shape index (κ2) is 7.69. The van der Waals surface area contributed by atoms with Gasteiger partial charge in [0.15, 0.2) is 0 Å². The van der Waals surface area contributed by atoms with Crippen LogP contribution in [0.15, 0.2) is 48.7 Å². The highest BCUT2D eigenvalue weighted by Crippen LogP contribution is 2.41. The molecule has 3 aromatic rings. The minimum absolute atomic E-state index is 0.0631. The third kappa shape index (κ3) is 3.26. The number of carbonyl (C=O) groups is 1. The Morgan fingerprint density at radius 3 is 2.69 bits per heavy atom. The summed E-state index contributed by atoms with van der Waals surface area (Å²) in [5.41, 5.74) is 2.38. The summed E-state index contributed by atoms with van der Waals surface area (Å²) >= 11 is 6.35. The van der Waals surface area contributed by atoms with Crippen molar-refractivity contribution in [3.63, 3.8) is 0 Å². The van der Waals surface area contributed by atoms with Gasteiger partial charge in [0.2, 0.25) is 0 Å². The zero-order valence-electron chi connectivity index (χ0n) is 16.5. The van der Waals surface area contributed by atoms with Crippen molar-refractivity contribution in [3.05, 3.63) is 65.1 Å². The van der Waals surface area contributed by atoms with Gasteiger partial charge in [0.1, 0.15) is 5.82 Å². The number of fused-ring (bicyclic) bond motifs is 1. The number of carbonyl (C=O) groups excluding carboxylic acids is 1. The van der Waals surface area contributed by atoms with E-state index in [9.17, 15) is 9.18 Å². The van der Waals surface area contributed by atoms with Gasteiger partial charge < -0.3 is 20.1 Å². The van der Waals surface area contributed by atoms with Gasteiger partial charge >= 0.3 is 6.03 Å². The molecule has 1 fully saturated rings. The van der Waals surface area contributed by atoms with Gasteiger partial charge in [-0.1, -0.05) is 18.5 Å². The number of hydrogen-bond acceptors (Lipinski definition) is 2. The van der Waals surface area contributed by atoms with E-state index in [-0.39, 0.29) is 11.8 Å². The maximum atomic E-state index is 13.5. The Morgan fingerprint density at radius 1 is 1.24 bits per heavy atom. The van der Waals surface area contributed by atoms with Gasteiger partial charge in [-0.15, -0.1) is 0 Å². The molecule has 0 aliphatic carbocycles. The third-order valence-corrected chi connectivity index (χ3v) is 6.07. The Morgan fingerprint density at radius 2 is 2.00 bits per heavy atom. The van der Waals surface area contributed by atoms with Crippen LogP contribution in [0.3, 0.4) is 0 Å². The van der Waals surface area contributed by atoms with Crippen molar-refractivity contribution < 1.29 is 9.18 Å². The molecule has 1 unspecified atom stereocenters. The van der Waals surface area contributed by atoms with Crippen molar-refractivity contribution in [3.8, 4) is 5.69 Å². The fourth-order valence-corrected chi connectivity index (χ4v) is 4.45. The first-order chi connectivity index (χ1) is 14.0. The molecule has 1 aliphatic heterocycles. The van der Waals surface area contributed by atoms with Crippen LogP contribution >= 0.6 is 11.6 Å². The summed E-state index contributed by atoms with van der Waals surface area (Å²) in [6.07, 6.45) is 2.81. The largest absolute Gasteiger partial charge is 0.335 e. The van der Waals surface area contributed by atoms with E-state index in [1.165, 1.54) is 12.1 Å². The van der Waals surface area contributed by atoms with Crippen LogP contribution in [0.2, 0.25) is 5.02 Å². The lowest BCUT2D eigenvalue weighted by atomic mass is 9.86. The molecule has 0 saturated carbocycles. The molecule has 5 nitrogen and oxygen atoms in total. The number of halogens is 2. The summed E-state index contributed by atoms with van der Waals surface area (Å²) in [6.45, 7) is 3.92. The molecule has 2 N–H and O–H groups in total. The molecule has 2 aromatic carbocycles. The number of hydrogen-bond donors (Lipinski definition) is 2. The molecule has 2 amide bonds. The van der Waals surface area contributed by atoms with E-state index in [0.29, 0.717) is 24.7 Å². The first-order valence-corrected chi connectivity index (χ1v) is 10.1. The van der Waals surface area contributed by atoms with Crippen molar-refractivity contribution in [1.29, 1.82) is 0 Å². The van der Waals surface area contributed by atoms with E-state index in [2.05, 4.69) is 23.8 Å². The minimum Gasteiger partial charge on any atom is -0.335 e. The van der Waals surface area contributed by atoms with Crippen LogP contribution in [0.4, 0.5) is 9.18 Å². The molecule has 1 aliphatic rings. The zero-order chi connectivity index (χ0) is 20.6. The van der Waals surface area contributed by atoms with Crippen LogP contribution < -0.4 is 10.6 Å². The highest BCUT2D eigenvalue weighted by molar-refractivity contribution is 6.31. The van der Waals surface area contributed by atoms with Gasteiger partial charge in [-0.3, -0.25) is 0 Å². The average Bonchev–Trinajstić information content (AvgIpc) is 3.25. The number of aromatic nitrogens is 1. The van der Waals surface area contributed by atoms with Crippen LogP contribution in [-0.2, 0) is 5.54 Å². The topological polar surface area (TPSA) is 49.3 Å². The van der Waals surface area contributed by atoms with Gasteiger partial charge in [0, 0.05) is 47.5 Å². The number of amides is 2. The van der Waals surface area contributed by atoms with E-state index in [4.69, 9.17) is 11.6 Å². The fourth-order valence-electron chi connectivity index (χ4n) is 4.28. The van der Waals surface area contributed by atoms with Crippen molar-refractivity contribution in [2.24, 2.45) is 0 Å². The van der Waals surface area contributed by atoms with E-state index >= 15 is 0 Å². The highest BCUT2D eigenvalue weighted by atomic mass is 35.5. The van der Waals surface area contributed by atoms with Crippen molar-refractivity contribution in [2.75, 3.05) is 26.7 Å². The lowest BCUT2D eigenvalue weighted by Crippen LogP contribution is -2.46. The summed E-state index contributed by atoms with van der Waals surface area (Å²) < 4.78 is 15.5. The van der Waals surface area contributed by atoms with Crippen LogP contribution in [0.5, 0.6) is 0 Å². The van der Waals surface area contributed by atoms with E-state index < -0.39 is 5.54 Å². The Balaban J connectivity index is 1.93. The van der Waals surface area contributed by atoms with Crippen LogP contribution in [0.1, 0.15) is 18.9 Å². The molecule has 7 heteroatoms. The molecule has 4 rings (SSSR count). The molecule has 0 bridgehead atoms. The minimum atomic E-state index is -0.484. The third-order valence-electron chi connectivity index (χ3n) is 5.84. The molecule has 2 heterocycles. The molecular weight excluding hydrogens is 391 g/mol. The first kappa shape index (κ1) is 19.7. The zero-order valence-corrected chi connectivity index (χ0v) is 17.3. The summed E-state index contributed by atoms with van der Waals surface area (Å²) in [7, 11) is 1.88. The summed E-state index contributed by atoms with van der Waals surface area (Å²) in [5.74, 6) is -0.276. The average molecular weight is 415 g/mol. The van der Waals surface area contributed by atoms with Crippen molar-refractivity contribution in [1.82, 2.24) is 20.1 Å². The number of nitrogens with zero attached hydrogens (tertiary/aromatic N) is 2. The Labute approximate surface area is 174 Å². The first-order valence-electron chi connectivity index (χ1n) is 9.77. The van der Waals surface area contributed by atoms with Crippen molar-refractivity contribution in [2.45, 2.75) is 18.9 Å². The van der Waals surface area contributed by atoms with E-state index in [1.54, 1.807) is 12.1 Å². The molecule has 29 heavy (non-hydrogen) atoms. The Hall–Kier alpha value is -2.57. The maximum Gasteiger partial charge on any atom is 0.318 e. The lowest BCUT2D eigenvalue weighted by Gasteiger charge is -2.36. The number of nitrogens with one attached hydrogen (secondary N) is 2. The monoisotopic (exact) mass is 414 g/mol. The van der Waals surface area contributed by atoms with Gasteiger partial charge in [0.25, 0.3) is 0 Å². The summed E-state index contributed by atoms with van der Waals surface area (Å²) in [6, 6.07) is 12.1. The summed E-state index contributed by atoms with van der Waals surface area (Å²) in [4.78, 5) is 14.6. The van der Waals surface area contributed by atoms with E-state index in [0.717, 1.165) is 28.6 Å². The van der Waals surface area contributed by atoms with Gasteiger partial charge in [0.05, 0.1) is 11.1 Å². The lowest BCUT2D eigenvalue weighted by molar-refractivity contribution is 0.153. The Bertz CT molecular complexity index is 1050. The molecule has 152 valence electrons.